The Labute approximate surface area is 115 Å². The quantitative estimate of drug-likeness (QED) is 0.784. The lowest BCUT2D eigenvalue weighted by molar-refractivity contribution is 1.08. The molecule has 0 bridgehead atoms. The summed E-state index contributed by atoms with van der Waals surface area (Å²) in [6.45, 7) is 8.18. The van der Waals surface area contributed by atoms with Crippen molar-refractivity contribution in [2.45, 2.75) is 20.8 Å². The van der Waals surface area contributed by atoms with Gasteiger partial charge in [-0.05, 0) is 56.2 Å². The Kier molecular flexibility index (Phi) is 4.45. The summed E-state index contributed by atoms with van der Waals surface area (Å²) >= 11 is 0. The molecule has 0 atom stereocenters. The van der Waals surface area contributed by atoms with Gasteiger partial charge in [-0.3, -0.25) is 0 Å². The van der Waals surface area contributed by atoms with Crippen LogP contribution in [-0.4, -0.2) is 13.1 Å². The highest BCUT2D eigenvalue weighted by atomic mass is 14.9. The van der Waals surface area contributed by atoms with Crippen LogP contribution in [0.5, 0.6) is 0 Å². The molecule has 0 saturated carbocycles. The molecular formula is C17H22N2. The number of rotatable bonds is 5. The van der Waals surface area contributed by atoms with Gasteiger partial charge in [-0.2, -0.15) is 0 Å². The highest BCUT2D eigenvalue weighted by Crippen LogP contribution is 2.13. The number of anilines is 2. The molecule has 2 aromatic carbocycles. The number of hydrogen-bond donors (Lipinski definition) is 2. The second-order valence-electron chi connectivity index (χ2n) is 5.10. The van der Waals surface area contributed by atoms with Crippen LogP contribution in [0.4, 0.5) is 11.4 Å². The molecule has 0 aromatic heterocycles. The topological polar surface area (TPSA) is 24.1 Å². The van der Waals surface area contributed by atoms with E-state index in [1.807, 2.05) is 0 Å². The molecule has 100 valence electrons. The van der Waals surface area contributed by atoms with Crippen LogP contribution < -0.4 is 10.6 Å². The lowest BCUT2D eigenvalue weighted by Gasteiger charge is -2.10. The number of benzene rings is 2. The molecule has 2 rings (SSSR count). The second-order valence-corrected chi connectivity index (χ2v) is 5.10. The molecule has 2 nitrogen and oxygen atoms in total. The van der Waals surface area contributed by atoms with Crippen molar-refractivity contribution in [3.63, 3.8) is 0 Å². The van der Waals surface area contributed by atoms with E-state index in [1.54, 1.807) is 0 Å². The van der Waals surface area contributed by atoms with Crippen LogP contribution in [0.2, 0.25) is 0 Å². The summed E-state index contributed by atoms with van der Waals surface area (Å²) in [6, 6.07) is 15.0. The van der Waals surface area contributed by atoms with E-state index >= 15 is 0 Å². The van der Waals surface area contributed by atoms with Crippen molar-refractivity contribution in [3.05, 3.63) is 59.2 Å². The minimum absolute atomic E-state index is 0.913. The Balaban J connectivity index is 1.79. The molecule has 0 aliphatic rings. The normalized spacial score (nSPS) is 10.3. The van der Waals surface area contributed by atoms with E-state index in [9.17, 15) is 0 Å². The summed E-state index contributed by atoms with van der Waals surface area (Å²) in [6.07, 6.45) is 0. The summed E-state index contributed by atoms with van der Waals surface area (Å²) in [4.78, 5) is 0. The van der Waals surface area contributed by atoms with Gasteiger partial charge in [0.2, 0.25) is 0 Å². The molecule has 2 aromatic rings. The van der Waals surface area contributed by atoms with Crippen LogP contribution in [0.15, 0.2) is 42.5 Å². The zero-order valence-electron chi connectivity index (χ0n) is 12.0. The average Bonchev–Trinajstić information content (AvgIpc) is 2.36. The van der Waals surface area contributed by atoms with Gasteiger partial charge in [-0.1, -0.05) is 23.8 Å². The largest absolute Gasteiger partial charge is 0.383 e. The molecule has 19 heavy (non-hydrogen) atoms. The maximum atomic E-state index is 3.45. The summed E-state index contributed by atoms with van der Waals surface area (Å²) in [5.41, 5.74) is 6.26. The van der Waals surface area contributed by atoms with Crippen LogP contribution in [0.1, 0.15) is 16.7 Å². The van der Waals surface area contributed by atoms with Gasteiger partial charge < -0.3 is 10.6 Å². The molecule has 0 radical (unpaired) electrons. The standard InChI is InChI=1S/C17H22N2/c1-13-4-6-16(7-5-13)18-8-9-19-17-11-14(2)10-15(3)12-17/h4-7,10-12,18-19H,8-9H2,1-3H3. The molecule has 2 heteroatoms. The van der Waals surface area contributed by atoms with Crippen molar-refractivity contribution < 1.29 is 0 Å². The van der Waals surface area contributed by atoms with Gasteiger partial charge in [-0.25, -0.2) is 0 Å². The monoisotopic (exact) mass is 254 g/mol. The fourth-order valence-electron chi connectivity index (χ4n) is 2.16. The second kappa shape index (κ2) is 6.28. The first-order chi connectivity index (χ1) is 9.13. The highest BCUT2D eigenvalue weighted by molar-refractivity contribution is 5.49. The number of nitrogens with one attached hydrogen (secondary N) is 2. The zero-order chi connectivity index (χ0) is 13.7. The Morgan fingerprint density at radius 3 is 1.74 bits per heavy atom. The van der Waals surface area contributed by atoms with Crippen LogP contribution in [0.25, 0.3) is 0 Å². The smallest absolute Gasteiger partial charge is 0.0346 e. The molecular weight excluding hydrogens is 232 g/mol. The zero-order valence-corrected chi connectivity index (χ0v) is 12.0. The fourth-order valence-corrected chi connectivity index (χ4v) is 2.16. The summed E-state index contributed by atoms with van der Waals surface area (Å²) in [5.74, 6) is 0. The van der Waals surface area contributed by atoms with Gasteiger partial charge in [0.05, 0.1) is 0 Å². The van der Waals surface area contributed by atoms with E-state index in [1.165, 1.54) is 28.1 Å². The number of hydrogen-bond acceptors (Lipinski definition) is 2. The van der Waals surface area contributed by atoms with Gasteiger partial charge in [0.15, 0.2) is 0 Å². The maximum absolute atomic E-state index is 3.45. The minimum atomic E-state index is 0.913. The van der Waals surface area contributed by atoms with Crippen molar-refractivity contribution in [3.8, 4) is 0 Å². The highest BCUT2D eigenvalue weighted by Gasteiger charge is 1.95. The molecule has 0 unspecified atom stereocenters. The molecule has 0 amide bonds. The van der Waals surface area contributed by atoms with Gasteiger partial charge in [0.25, 0.3) is 0 Å². The fraction of sp³-hybridized carbons (Fsp3) is 0.294. The Morgan fingerprint density at radius 1 is 0.632 bits per heavy atom. The van der Waals surface area contributed by atoms with Crippen molar-refractivity contribution in [2.24, 2.45) is 0 Å². The van der Waals surface area contributed by atoms with E-state index in [0.717, 1.165) is 13.1 Å². The van der Waals surface area contributed by atoms with Crippen LogP contribution in [0.3, 0.4) is 0 Å². The predicted molar refractivity (Wildman–Crippen MR) is 84.1 cm³/mol. The van der Waals surface area contributed by atoms with E-state index < -0.39 is 0 Å². The molecule has 0 saturated heterocycles. The Hall–Kier alpha value is -1.96. The summed E-state index contributed by atoms with van der Waals surface area (Å²) < 4.78 is 0. The predicted octanol–water partition coefficient (Wildman–Crippen LogP) is 4.14. The van der Waals surface area contributed by atoms with Crippen LogP contribution in [-0.2, 0) is 0 Å². The molecule has 0 heterocycles. The van der Waals surface area contributed by atoms with Crippen LogP contribution in [0, 0.1) is 20.8 Å². The third kappa shape index (κ3) is 4.32. The van der Waals surface area contributed by atoms with Crippen molar-refractivity contribution >= 4 is 11.4 Å². The Bertz CT molecular complexity index is 509. The summed E-state index contributed by atoms with van der Waals surface area (Å²) in [7, 11) is 0. The number of aryl methyl sites for hydroxylation is 3. The first kappa shape index (κ1) is 13.5. The van der Waals surface area contributed by atoms with Gasteiger partial charge in [-0.15, -0.1) is 0 Å². The van der Waals surface area contributed by atoms with Crippen molar-refractivity contribution in [2.75, 3.05) is 23.7 Å². The average molecular weight is 254 g/mol. The SMILES string of the molecule is Cc1ccc(NCCNc2cc(C)cc(C)c2)cc1. The van der Waals surface area contributed by atoms with E-state index in [4.69, 9.17) is 0 Å². The van der Waals surface area contributed by atoms with E-state index in [-0.39, 0.29) is 0 Å². The minimum Gasteiger partial charge on any atom is -0.383 e. The first-order valence-corrected chi connectivity index (χ1v) is 6.76. The van der Waals surface area contributed by atoms with E-state index in [2.05, 4.69) is 73.9 Å². The lowest BCUT2D eigenvalue weighted by atomic mass is 10.1. The molecule has 2 N–H and O–H groups in total. The molecule has 0 aliphatic heterocycles. The molecule has 0 aliphatic carbocycles. The molecule has 0 spiro atoms. The van der Waals surface area contributed by atoms with Gasteiger partial charge >= 0.3 is 0 Å². The lowest BCUT2D eigenvalue weighted by Crippen LogP contribution is -2.13. The van der Waals surface area contributed by atoms with Gasteiger partial charge in [0, 0.05) is 24.5 Å². The third-order valence-corrected chi connectivity index (χ3v) is 3.06. The Morgan fingerprint density at radius 2 is 1.16 bits per heavy atom. The maximum Gasteiger partial charge on any atom is 0.0346 e. The van der Waals surface area contributed by atoms with Crippen LogP contribution >= 0.6 is 0 Å². The molecule has 0 fully saturated rings. The van der Waals surface area contributed by atoms with Crippen molar-refractivity contribution in [1.29, 1.82) is 0 Å². The van der Waals surface area contributed by atoms with Gasteiger partial charge in [0.1, 0.15) is 0 Å². The van der Waals surface area contributed by atoms with Crippen molar-refractivity contribution in [1.82, 2.24) is 0 Å². The van der Waals surface area contributed by atoms with E-state index in [0.29, 0.717) is 0 Å². The first-order valence-electron chi connectivity index (χ1n) is 6.76. The third-order valence-electron chi connectivity index (χ3n) is 3.06. The summed E-state index contributed by atoms with van der Waals surface area (Å²) in [5, 5.41) is 6.85.